The molecule has 1 aliphatic rings. The molecular formula is C25H33N5O4. The number of likely N-dealkylation sites (N-methyl/N-ethyl adjacent to an activating group) is 1. The van der Waals surface area contributed by atoms with Gasteiger partial charge >= 0.3 is 0 Å². The molecule has 9 nitrogen and oxygen atoms in total. The van der Waals surface area contributed by atoms with Gasteiger partial charge in [0, 0.05) is 44.5 Å². The van der Waals surface area contributed by atoms with Gasteiger partial charge in [0.25, 0.3) is 5.91 Å². The van der Waals surface area contributed by atoms with Gasteiger partial charge in [0.2, 0.25) is 5.75 Å². The van der Waals surface area contributed by atoms with Crippen molar-refractivity contribution >= 4 is 22.6 Å². The fourth-order valence-corrected chi connectivity index (χ4v) is 4.35. The molecule has 0 unspecified atom stereocenters. The first kappa shape index (κ1) is 23.8. The third-order valence-electron chi connectivity index (χ3n) is 6.44. The van der Waals surface area contributed by atoms with Crippen LogP contribution in [-0.4, -0.2) is 79.3 Å². The number of carbonyl (C=O) groups is 1. The monoisotopic (exact) mass is 467 g/mol. The van der Waals surface area contributed by atoms with Crippen molar-refractivity contribution in [3.63, 3.8) is 0 Å². The van der Waals surface area contributed by atoms with E-state index in [1.165, 1.54) is 21.3 Å². The normalized spacial score (nSPS) is 14.9. The summed E-state index contributed by atoms with van der Waals surface area (Å²) in [6.07, 6.45) is 0. The van der Waals surface area contributed by atoms with Gasteiger partial charge in [0.05, 0.1) is 38.9 Å². The lowest BCUT2D eigenvalue weighted by Gasteiger charge is -2.33. The Morgan fingerprint density at radius 3 is 2.21 bits per heavy atom. The third-order valence-corrected chi connectivity index (χ3v) is 6.44. The van der Waals surface area contributed by atoms with Crippen molar-refractivity contribution < 1.29 is 19.0 Å². The molecule has 0 atom stereocenters. The van der Waals surface area contributed by atoms with Crippen LogP contribution in [0, 0.1) is 0 Å². The highest BCUT2D eigenvalue weighted by Gasteiger charge is 2.20. The Kier molecular flexibility index (Phi) is 7.23. The molecule has 2 aromatic carbocycles. The fraction of sp³-hybridized carbons (Fsp3) is 0.440. The zero-order valence-electron chi connectivity index (χ0n) is 20.6. The predicted molar refractivity (Wildman–Crippen MR) is 132 cm³/mol. The molecule has 0 saturated carbocycles. The van der Waals surface area contributed by atoms with E-state index < -0.39 is 0 Å². The van der Waals surface area contributed by atoms with E-state index in [4.69, 9.17) is 19.2 Å². The van der Waals surface area contributed by atoms with E-state index in [0.717, 1.165) is 56.1 Å². The Balaban J connectivity index is 1.52. The molecule has 1 N–H and O–H groups in total. The predicted octanol–water partition coefficient (Wildman–Crippen LogP) is 2.99. The molecule has 1 aliphatic heterocycles. The largest absolute Gasteiger partial charge is 0.493 e. The van der Waals surface area contributed by atoms with Crippen LogP contribution in [0.5, 0.6) is 17.2 Å². The number of aromatic nitrogens is 2. The number of hydrogen-bond donors (Lipinski definition) is 1. The first-order chi connectivity index (χ1) is 16.5. The highest BCUT2D eigenvalue weighted by molar-refractivity contribution is 6.05. The molecule has 2 heterocycles. The lowest BCUT2D eigenvalue weighted by atomic mass is 10.1. The van der Waals surface area contributed by atoms with Crippen molar-refractivity contribution in [2.75, 3.05) is 59.4 Å². The van der Waals surface area contributed by atoms with Gasteiger partial charge in [0.15, 0.2) is 11.5 Å². The van der Waals surface area contributed by atoms with Crippen LogP contribution in [0.15, 0.2) is 30.3 Å². The third kappa shape index (κ3) is 4.80. The van der Waals surface area contributed by atoms with E-state index in [0.29, 0.717) is 28.5 Å². The quantitative estimate of drug-likeness (QED) is 0.545. The maximum absolute atomic E-state index is 13.0. The highest BCUT2D eigenvalue weighted by Crippen LogP contribution is 2.38. The van der Waals surface area contributed by atoms with E-state index in [9.17, 15) is 4.79 Å². The zero-order chi connectivity index (χ0) is 24.2. The molecule has 1 saturated heterocycles. The van der Waals surface area contributed by atoms with Crippen LogP contribution < -0.4 is 19.5 Å². The molecule has 0 spiro atoms. The molecule has 34 heavy (non-hydrogen) atoms. The minimum Gasteiger partial charge on any atom is -0.493 e. The number of nitrogens with zero attached hydrogens (tertiary/aromatic N) is 4. The number of rotatable bonds is 8. The highest BCUT2D eigenvalue weighted by atomic mass is 16.5. The number of imidazole rings is 1. The van der Waals surface area contributed by atoms with Gasteiger partial charge in [-0.25, -0.2) is 4.98 Å². The van der Waals surface area contributed by atoms with Gasteiger partial charge in [-0.3, -0.25) is 9.69 Å². The number of fused-ring (bicyclic) bond motifs is 1. The van der Waals surface area contributed by atoms with E-state index >= 15 is 0 Å². The van der Waals surface area contributed by atoms with Crippen LogP contribution in [0.3, 0.4) is 0 Å². The average molecular weight is 468 g/mol. The molecule has 1 amide bonds. The first-order valence-electron chi connectivity index (χ1n) is 11.5. The lowest BCUT2D eigenvalue weighted by molar-refractivity contribution is 0.102. The summed E-state index contributed by atoms with van der Waals surface area (Å²) in [6.45, 7) is 8.41. The van der Waals surface area contributed by atoms with Crippen LogP contribution in [0.25, 0.3) is 11.0 Å². The number of aryl methyl sites for hydroxylation is 1. The van der Waals surface area contributed by atoms with E-state index in [2.05, 4.69) is 26.6 Å². The molecule has 182 valence electrons. The minimum atomic E-state index is -0.274. The lowest BCUT2D eigenvalue weighted by Crippen LogP contribution is -2.45. The maximum atomic E-state index is 13.0. The summed E-state index contributed by atoms with van der Waals surface area (Å²) in [5.74, 6) is 2.05. The van der Waals surface area contributed by atoms with Crippen LogP contribution in [-0.2, 0) is 13.6 Å². The summed E-state index contributed by atoms with van der Waals surface area (Å²) >= 11 is 0. The van der Waals surface area contributed by atoms with Crippen molar-refractivity contribution in [1.29, 1.82) is 0 Å². The number of nitrogens with one attached hydrogen (secondary N) is 1. The van der Waals surface area contributed by atoms with Crippen LogP contribution in [0.2, 0.25) is 0 Å². The van der Waals surface area contributed by atoms with Crippen LogP contribution >= 0.6 is 0 Å². The first-order valence-corrected chi connectivity index (χ1v) is 11.5. The molecule has 3 aromatic rings. The number of anilines is 1. The van der Waals surface area contributed by atoms with Crippen molar-refractivity contribution in [1.82, 2.24) is 19.4 Å². The molecule has 0 radical (unpaired) electrons. The molecule has 0 bridgehead atoms. The number of piperazine rings is 1. The second kappa shape index (κ2) is 10.3. The van der Waals surface area contributed by atoms with Gasteiger partial charge in [0.1, 0.15) is 5.82 Å². The van der Waals surface area contributed by atoms with Gasteiger partial charge < -0.3 is 29.0 Å². The van der Waals surface area contributed by atoms with Gasteiger partial charge in [-0.05, 0) is 36.9 Å². The van der Waals surface area contributed by atoms with Crippen molar-refractivity contribution in [2.45, 2.75) is 13.5 Å². The topological polar surface area (TPSA) is 81.1 Å². The van der Waals surface area contributed by atoms with Crippen molar-refractivity contribution in [2.24, 2.45) is 7.05 Å². The summed E-state index contributed by atoms with van der Waals surface area (Å²) in [5.41, 5.74) is 2.97. The number of benzene rings is 2. The van der Waals surface area contributed by atoms with Crippen LogP contribution in [0.1, 0.15) is 23.1 Å². The number of amides is 1. The summed E-state index contributed by atoms with van der Waals surface area (Å²) < 4.78 is 18.2. The second-order valence-corrected chi connectivity index (χ2v) is 8.37. The number of carbonyl (C=O) groups excluding carboxylic acids is 1. The summed E-state index contributed by atoms with van der Waals surface area (Å²) in [7, 11) is 6.62. The average Bonchev–Trinajstić information content (AvgIpc) is 3.17. The maximum Gasteiger partial charge on any atom is 0.255 e. The molecular weight excluding hydrogens is 434 g/mol. The number of hydrogen-bond acceptors (Lipinski definition) is 7. The van der Waals surface area contributed by atoms with Gasteiger partial charge in [-0.2, -0.15) is 0 Å². The van der Waals surface area contributed by atoms with Gasteiger partial charge in [-0.1, -0.05) is 6.92 Å². The Hall–Kier alpha value is -3.30. The van der Waals surface area contributed by atoms with E-state index in [-0.39, 0.29) is 5.91 Å². The Morgan fingerprint density at radius 2 is 1.62 bits per heavy atom. The summed E-state index contributed by atoms with van der Waals surface area (Å²) in [6, 6.07) is 9.05. The minimum absolute atomic E-state index is 0.274. The summed E-state index contributed by atoms with van der Waals surface area (Å²) in [5, 5.41) is 2.96. The van der Waals surface area contributed by atoms with E-state index in [1.807, 2.05) is 25.2 Å². The molecule has 0 aliphatic carbocycles. The molecule has 4 rings (SSSR count). The standard InChI is InChI=1S/C25H33N5O4/c1-6-29-9-11-30(12-10-29)16-23-27-19-15-18(7-8-20(19)28(23)2)26-25(31)17-13-21(32-3)24(34-5)22(14-17)33-4/h7-8,13-15H,6,9-12,16H2,1-5H3,(H,26,31). The molecule has 1 fully saturated rings. The Morgan fingerprint density at radius 1 is 0.971 bits per heavy atom. The fourth-order valence-electron chi connectivity index (χ4n) is 4.35. The summed E-state index contributed by atoms with van der Waals surface area (Å²) in [4.78, 5) is 22.7. The smallest absolute Gasteiger partial charge is 0.255 e. The zero-order valence-corrected chi connectivity index (χ0v) is 20.6. The number of methoxy groups -OCH3 is 3. The van der Waals surface area contributed by atoms with Crippen molar-refractivity contribution in [3.8, 4) is 17.2 Å². The second-order valence-electron chi connectivity index (χ2n) is 8.37. The van der Waals surface area contributed by atoms with Crippen molar-refractivity contribution in [3.05, 3.63) is 41.7 Å². The Bertz CT molecular complexity index is 1140. The number of ether oxygens (including phenoxy) is 3. The molecule has 9 heteroatoms. The van der Waals surface area contributed by atoms with Crippen LogP contribution in [0.4, 0.5) is 5.69 Å². The SMILES string of the molecule is CCN1CCN(Cc2nc3cc(NC(=O)c4cc(OC)c(OC)c(OC)c4)ccc3n2C)CC1. The van der Waals surface area contributed by atoms with Gasteiger partial charge in [-0.15, -0.1) is 0 Å². The molecule has 1 aromatic heterocycles. The van der Waals surface area contributed by atoms with E-state index in [1.54, 1.807) is 12.1 Å². The Labute approximate surface area is 200 Å².